The number of rotatable bonds is 4. The predicted octanol–water partition coefficient (Wildman–Crippen LogP) is 1.80. The van der Waals surface area contributed by atoms with Crippen molar-refractivity contribution in [1.29, 1.82) is 0 Å². The van der Waals surface area contributed by atoms with Crippen LogP contribution in [0.3, 0.4) is 0 Å². The van der Waals surface area contributed by atoms with Crippen LogP contribution in [0, 0.1) is 5.92 Å². The zero-order valence-electron chi connectivity index (χ0n) is 11.4. The summed E-state index contributed by atoms with van der Waals surface area (Å²) in [5.74, 6) is 0.0634. The van der Waals surface area contributed by atoms with Gasteiger partial charge < -0.3 is 15.4 Å². The number of hydrogen-bond acceptors (Lipinski definition) is 4. The molecule has 0 spiro atoms. The van der Waals surface area contributed by atoms with Crippen LogP contribution in [-0.2, 0) is 9.53 Å². The van der Waals surface area contributed by atoms with Crippen LogP contribution in [0.15, 0.2) is 24.3 Å². The second kappa shape index (κ2) is 6.91. The molecule has 0 aliphatic carbocycles. The SMILES string of the molecule is CCOC(=O)Nc1ccc(NC(=O)C2CCNC2)cc1. The Morgan fingerprint density at radius 3 is 2.45 bits per heavy atom. The molecule has 20 heavy (non-hydrogen) atoms. The van der Waals surface area contributed by atoms with Gasteiger partial charge in [-0.2, -0.15) is 0 Å². The number of carbonyl (C=O) groups excluding carboxylic acids is 2. The Labute approximate surface area is 117 Å². The zero-order chi connectivity index (χ0) is 14.4. The minimum absolute atomic E-state index is 0.0288. The van der Waals surface area contributed by atoms with E-state index >= 15 is 0 Å². The smallest absolute Gasteiger partial charge is 0.411 e. The van der Waals surface area contributed by atoms with Gasteiger partial charge in [0.05, 0.1) is 12.5 Å². The summed E-state index contributed by atoms with van der Waals surface area (Å²) in [5, 5.41) is 8.62. The van der Waals surface area contributed by atoms with Crippen LogP contribution in [0.2, 0.25) is 0 Å². The monoisotopic (exact) mass is 277 g/mol. The number of benzene rings is 1. The van der Waals surface area contributed by atoms with E-state index in [0.29, 0.717) is 12.3 Å². The number of carbonyl (C=O) groups is 2. The summed E-state index contributed by atoms with van der Waals surface area (Å²) in [6.07, 6.45) is 0.384. The molecule has 2 amide bonds. The summed E-state index contributed by atoms with van der Waals surface area (Å²) in [6, 6.07) is 6.95. The summed E-state index contributed by atoms with van der Waals surface area (Å²) >= 11 is 0. The van der Waals surface area contributed by atoms with Gasteiger partial charge in [0.2, 0.25) is 5.91 Å². The number of amides is 2. The van der Waals surface area contributed by atoms with Gasteiger partial charge in [-0.15, -0.1) is 0 Å². The topological polar surface area (TPSA) is 79.5 Å². The molecule has 6 nitrogen and oxygen atoms in total. The van der Waals surface area contributed by atoms with E-state index < -0.39 is 6.09 Å². The quantitative estimate of drug-likeness (QED) is 0.784. The molecule has 1 saturated heterocycles. The first-order chi connectivity index (χ1) is 9.69. The van der Waals surface area contributed by atoms with Gasteiger partial charge in [-0.05, 0) is 44.2 Å². The van der Waals surface area contributed by atoms with E-state index in [0.717, 1.165) is 25.2 Å². The third-order valence-corrected chi connectivity index (χ3v) is 3.11. The fourth-order valence-electron chi connectivity index (χ4n) is 2.04. The van der Waals surface area contributed by atoms with Crippen molar-refractivity contribution >= 4 is 23.4 Å². The van der Waals surface area contributed by atoms with Gasteiger partial charge in [-0.1, -0.05) is 0 Å². The summed E-state index contributed by atoms with van der Waals surface area (Å²) in [4.78, 5) is 23.2. The Morgan fingerprint density at radius 2 is 1.90 bits per heavy atom. The molecule has 1 aromatic rings. The molecule has 2 rings (SSSR count). The van der Waals surface area contributed by atoms with Gasteiger partial charge in [-0.25, -0.2) is 4.79 Å². The van der Waals surface area contributed by atoms with Crippen LogP contribution in [0.5, 0.6) is 0 Å². The molecule has 1 heterocycles. The molecule has 1 unspecified atom stereocenters. The minimum Gasteiger partial charge on any atom is -0.450 e. The van der Waals surface area contributed by atoms with Crippen molar-refractivity contribution in [2.75, 3.05) is 30.3 Å². The van der Waals surface area contributed by atoms with E-state index in [2.05, 4.69) is 16.0 Å². The van der Waals surface area contributed by atoms with Crippen molar-refractivity contribution in [2.45, 2.75) is 13.3 Å². The fraction of sp³-hybridized carbons (Fsp3) is 0.429. The van der Waals surface area contributed by atoms with E-state index in [-0.39, 0.29) is 11.8 Å². The van der Waals surface area contributed by atoms with E-state index in [9.17, 15) is 9.59 Å². The molecule has 1 aliphatic heterocycles. The molecule has 0 bridgehead atoms. The number of anilines is 2. The van der Waals surface area contributed by atoms with Crippen molar-refractivity contribution in [3.63, 3.8) is 0 Å². The summed E-state index contributed by atoms with van der Waals surface area (Å²) in [6.45, 7) is 3.69. The van der Waals surface area contributed by atoms with Crippen molar-refractivity contribution in [3.05, 3.63) is 24.3 Å². The largest absolute Gasteiger partial charge is 0.450 e. The van der Waals surface area contributed by atoms with E-state index in [1.165, 1.54) is 0 Å². The van der Waals surface area contributed by atoms with Gasteiger partial charge in [-0.3, -0.25) is 10.1 Å². The highest BCUT2D eigenvalue weighted by molar-refractivity contribution is 5.93. The average molecular weight is 277 g/mol. The molecule has 3 N–H and O–H groups in total. The van der Waals surface area contributed by atoms with E-state index in [1.54, 1.807) is 31.2 Å². The Morgan fingerprint density at radius 1 is 1.25 bits per heavy atom. The Bertz CT molecular complexity index is 467. The maximum absolute atomic E-state index is 11.9. The molecule has 1 atom stereocenters. The van der Waals surface area contributed by atoms with Gasteiger partial charge in [0, 0.05) is 17.9 Å². The molecule has 1 aliphatic rings. The molecule has 1 aromatic carbocycles. The first-order valence-electron chi connectivity index (χ1n) is 6.74. The second-order valence-corrected chi connectivity index (χ2v) is 4.60. The normalized spacial score (nSPS) is 17.6. The molecule has 1 fully saturated rings. The van der Waals surface area contributed by atoms with Crippen molar-refractivity contribution in [2.24, 2.45) is 5.92 Å². The Hall–Kier alpha value is -2.08. The fourth-order valence-corrected chi connectivity index (χ4v) is 2.04. The lowest BCUT2D eigenvalue weighted by molar-refractivity contribution is -0.119. The van der Waals surface area contributed by atoms with Crippen molar-refractivity contribution in [1.82, 2.24) is 5.32 Å². The first kappa shape index (κ1) is 14.3. The van der Waals surface area contributed by atoms with Gasteiger partial charge >= 0.3 is 6.09 Å². The van der Waals surface area contributed by atoms with Crippen molar-refractivity contribution < 1.29 is 14.3 Å². The van der Waals surface area contributed by atoms with Gasteiger partial charge in [0.1, 0.15) is 0 Å². The third-order valence-electron chi connectivity index (χ3n) is 3.11. The van der Waals surface area contributed by atoms with Gasteiger partial charge in [0.15, 0.2) is 0 Å². The summed E-state index contributed by atoms with van der Waals surface area (Å²) in [5.41, 5.74) is 1.35. The third kappa shape index (κ3) is 3.96. The van der Waals surface area contributed by atoms with Crippen molar-refractivity contribution in [3.8, 4) is 0 Å². The molecular weight excluding hydrogens is 258 g/mol. The highest BCUT2D eigenvalue weighted by Gasteiger charge is 2.22. The lowest BCUT2D eigenvalue weighted by Gasteiger charge is -2.10. The molecule has 0 saturated carbocycles. The van der Waals surface area contributed by atoms with E-state index in [4.69, 9.17) is 4.74 Å². The maximum atomic E-state index is 11.9. The predicted molar refractivity (Wildman–Crippen MR) is 76.7 cm³/mol. The lowest BCUT2D eigenvalue weighted by Crippen LogP contribution is -2.24. The maximum Gasteiger partial charge on any atom is 0.411 e. The minimum atomic E-state index is -0.485. The average Bonchev–Trinajstić information content (AvgIpc) is 2.95. The molecule has 0 aromatic heterocycles. The van der Waals surface area contributed by atoms with Crippen LogP contribution in [0.25, 0.3) is 0 Å². The highest BCUT2D eigenvalue weighted by Crippen LogP contribution is 2.16. The standard InChI is InChI=1S/C14H19N3O3/c1-2-20-14(19)17-12-5-3-11(4-6-12)16-13(18)10-7-8-15-9-10/h3-6,10,15H,2,7-9H2,1H3,(H,16,18)(H,17,19). The van der Waals surface area contributed by atoms with Crippen LogP contribution >= 0.6 is 0 Å². The second-order valence-electron chi connectivity index (χ2n) is 4.60. The highest BCUT2D eigenvalue weighted by atomic mass is 16.5. The van der Waals surface area contributed by atoms with Crippen LogP contribution in [0.1, 0.15) is 13.3 Å². The number of ether oxygens (including phenoxy) is 1. The lowest BCUT2D eigenvalue weighted by atomic mass is 10.1. The molecule has 6 heteroatoms. The van der Waals surface area contributed by atoms with Crippen LogP contribution in [-0.4, -0.2) is 31.7 Å². The molecular formula is C14H19N3O3. The molecule has 0 radical (unpaired) electrons. The number of nitrogens with one attached hydrogen (secondary N) is 3. The zero-order valence-corrected chi connectivity index (χ0v) is 11.4. The summed E-state index contributed by atoms with van der Waals surface area (Å²) < 4.78 is 4.78. The van der Waals surface area contributed by atoms with Crippen LogP contribution in [0.4, 0.5) is 16.2 Å². The van der Waals surface area contributed by atoms with Crippen LogP contribution < -0.4 is 16.0 Å². The Kier molecular flexibility index (Phi) is 4.95. The number of hydrogen-bond donors (Lipinski definition) is 3. The molecule has 108 valence electrons. The van der Waals surface area contributed by atoms with E-state index in [1.807, 2.05) is 0 Å². The first-order valence-corrected chi connectivity index (χ1v) is 6.74. The summed E-state index contributed by atoms with van der Waals surface area (Å²) in [7, 11) is 0. The van der Waals surface area contributed by atoms with Gasteiger partial charge in [0.25, 0.3) is 0 Å². The Balaban J connectivity index is 1.87.